The maximum atomic E-state index is 11.5. The van der Waals surface area contributed by atoms with Gasteiger partial charge in [0.2, 0.25) is 0 Å². The molecule has 0 heterocycles. The quantitative estimate of drug-likeness (QED) is 0.679. The van der Waals surface area contributed by atoms with Crippen LogP contribution in [-0.4, -0.2) is 25.6 Å². The number of benzene rings is 2. The zero-order chi connectivity index (χ0) is 16.4. The topological polar surface area (TPSA) is 66.7 Å². The molecule has 1 aliphatic rings. The molecule has 0 fully saturated rings. The van der Waals surface area contributed by atoms with Crippen LogP contribution in [0, 0.1) is 0 Å². The first kappa shape index (κ1) is 15.5. The standard InChI is InChI=1S/C18H17NO3S/c1-23(21,22)15-9-6-13(7-10-15)12-17-16-5-3-2-4-14(16)8-11-18(17)19-20/h2-7,9-10,12,20H,8,11H2,1H3/b17-12+,19-18?. The van der Waals surface area contributed by atoms with Crippen LogP contribution in [0.15, 0.2) is 58.6 Å². The Morgan fingerprint density at radius 3 is 2.39 bits per heavy atom. The van der Waals surface area contributed by atoms with E-state index in [2.05, 4.69) is 11.2 Å². The summed E-state index contributed by atoms with van der Waals surface area (Å²) in [5.74, 6) is 0. The Hall–Kier alpha value is -2.40. The van der Waals surface area contributed by atoms with Crippen LogP contribution in [-0.2, 0) is 16.3 Å². The summed E-state index contributed by atoms with van der Waals surface area (Å²) in [5, 5.41) is 12.7. The van der Waals surface area contributed by atoms with Crippen LogP contribution in [0.4, 0.5) is 0 Å². The van der Waals surface area contributed by atoms with E-state index in [0.29, 0.717) is 17.0 Å². The average Bonchev–Trinajstić information content (AvgIpc) is 2.55. The van der Waals surface area contributed by atoms with E-state index >= 15 is 0 Å². The predicted octanol–water partition coefficient (Wildman–Crippen LogP) is 3.41. The molecular weight excluding hydrogens is 310 g/mol. The van der Waals surface area contributed by atoms with Crippen molar-refractivity contribution in [1.82, 2.24) is 0 Å². The summed E-state index contributed by atoms with van der Waals surface area (Å²) in [6.07, 6.45) is 4.65. The van der Waals surface area contributed by atoms with Crippen molar-refractivity contribution >= 4 is 27.2 Å². The second kappa shape index (κ2) is 6.01. The van der Waals surface area contributed by atoms with E-state index in [9.17, 15) is 13.6 Å². The molecule has 0 unspecified atom stereocenters. The summed E-state index contributed by atoms with van der Waals surface area (Å²) in [6.45, 7) is 0. The molecule has 0 aliphatic heterocycles. The number of aryl methyl sites for hydroxylation is 1. The van der Waals surface area contributed by atoms with Gasteiger partial charge in [0.15, 0.2) is 9.84 Å². The number of oxime groups is 1. The molecule has 4 nitrogen and oxygen atoms in total. The third kappa shape index (κ3) is 3.19. The smallest absolute Gasteiger partial charge is 0.175 e. The highest BCUT2D eigenvalue weighted by molar-refractivity contribution is 7.90. The maximum absolute atomic E-state index is 11.5. The van der Waals surface area contributed by atoms with Crippen LogP contribution in [0.2, 0.25) is 0 Å². The molecule has 118 valence electrons. The van der Waals surface area contributed by atoms with Crippen molar-refractivity contribution in [2.24, 2.45) is 5.16 Å². The summed E-state index contributed by atoms with van der Waals surface area (Å²) < 4.78 is 23.1. The second-order valence-corrected chi connectivity index (χ2v) is 7.62. The summed E-state index contributed by atoms with van der Waals surface area (Å²) in [6, 6.07) is 14.7. The van der Waals surface area contributed by atoms with Gasteiger partial charge >= 0.3 is 0 Å². The van der Waals surface area contributed by atoms with E-state index in [0.717, 1.165) is 23.1 Å². The van der Waals surface area contributed by atoms with Gasteiger partial charge in [-0.05, 0) is 47.7 Å². The first-order valence-corrected chi connectivity index (χ1v) is 9.19. The maximum Gasteiger partial charge on any atom is 0.175 e. The zero-order valence-corrected chi connectivity index (χ0v) is 13.5. The van der Waals surface area contributed by atoms with Crippen LogP contribution in [0.3, 0.4) is 0 Å². The van der Waals surface area contributed by atoms with E-state index in [1.807, 2.05) is 24.3 Å². The molecule has 2 aromatic rings. The molecule has 1 aliphatic carbocycles. The number of hydrogen-bond acceptors (Lipinski definition) is 4. The predicted molar refractivity (Wildman–Crippen MR) is 91.4 cm³/mol. The SMILES string of the molecule is CS(=O)(=O)c1ccc(/C=C2/C(=NO)CCc3ccccc32)cc1. The summed E-state index contributed by atoms with van der Waals surface area (Å²) >= 11 is 0. The number of allylic oxidation sites excluding steroid dienone is 1. The van der Waals surface area contributed by atoms with Crippen molar-refractivity contribution in [2.45, 2.75) is 17.7 Å². The Labute approximate surface area is 135 Å². The van der Waals surface area contributed by atoms with Crippen molar-refractivity contribution in [3.8, 4) is 0 Å². The van der Waals surface area contributed by atoms with Crippen LogP contribution in [0.25, 0.3) is 11.6 Å². The Balaban J connectivity index is 2.07. The number of hydrogen-bond donors (Lipinski definition) is 1. The van der Waals surface area contributed by atoms with Crippen molar-refractivity contribution in [3.63, 3.8) is 0 Å². The van der Waals surface area contributed by atoms with Gasteiger partial charge in [0.1, 0.15) is 0 Å². The molecule has 5 heteroatoms. The highest BCUT2D eigenvalue weighted by Crippen LogP contribution is 2.30. The normalized spacial score (nSPS) is 18.1. The third-order valence-corrected chi connectivity index (χ3v) is 5.12. The monoisotopic (exact) mass is 327 g/mol. The first-order valence-electron chi connectivity index (χ1n) is 7.30. The minimum atomic E-state index is -3.20. The minimum Gasteiger partial charge on any atom is -0.411 e. The highest BCUT2D eigenvalue weighted by atomic mass is 32.2. The molecule has 0 saturated heterocycles. The number of sulfone groups is 1. The van der Waals surface area contributed by atoms with Crippen LogP contribution in [0.1, 0.15) is 23.1 Å². The number of rotatable bonds is 2. The number of nitrogens with zero attached hydrogens (tertiary/aromatic N) is 1. The molecular formula is C18H17NO3S. The van der Waals surface area contributed by atoms with Gasteiger partial charge in [-0.1, -0.05) is 41.6 Å². The molecule has 0 atom stereocenters. The van der Waals surface area contributed by atoms with Gasteiger partial charge in [-0.2, -0.15) is 0 Å². The molecule has 2 aromatic carbocycles. The van der Waals surface area contributed by atoms with E-state index in [1.54, 1.807) is 24.3 Å². The Kier molecular flexibility index (Phi) is 4.05. The largest absolute Gasteiger partial charge is 0.411 e. The van der Waals surface area contributed by atoms with Gasteiger partial charge in [0, 0.05) is 11.8 Å². The van der Waals surface area contributed by atoms with Gasteiger partial charge in [0.05, 0.1) is 10.6 Å². The fourth-order valence-electron chi connectivity index (χ4n) is 2.79. The summed E-state index contributed by atoms with van der Waals surface area (Å²) in [7, 11) is -3.20. The molecule has 0 spiro atoms. The van der Waals surface area contributed by atoms with E-state index in [1.165, 1.54) is 11.8 Å². The molecule has 0 radical (unpaired) electrons. The minimum absolute atomic E-state index is 0.291. The molecule has 0 amide bonds. The fourth-order valence-corrected chi connectivity index (χ4v) is 3.42. The van der Waals surface area contributed by atoms with Gasteiger partial charge in [-0.25, -0.2) is 8.42 Å². The zero-order valence-electron chi connectivity index (χ0n) is 12.7. The lowest BCUT2D eigenvalue weighted by Crippen LogP contribution is -2.12. The highest BCUT2D eigenvalue weighted by Gasteiger charge is 2.20. The van der Waals surface area contributed by atoms with Gasteiger partial charge in [-0.3, -0.25) is 0 Å². The summed E-state index contributed by atoms with van der Waals surface area (Å²) in [5.41, 5.74) is 4.67. The van der Waals surface area contributed by atoms with E-state index in [-0.39, 0.29) is 0 Å². The average molecular weight is 327 g/mol. The van der Waals surface area contributed by atoms with Gasteiger partial charge < -0.3 is 5.21 Å². The third-order valence-electron chi connectivity index (χ3n) is 3.99. The van der Waals surface area contributed by atoms with E-state index in [4.69, 9.17) is 0 Å². The molecule has 0 bridgehead atoms. The van der Waals surface area contributed by atoms with Crippen molar-refractivity contribution in [3.05, 3.63) is 65.2 Å². The lowest BCUT2D eigenvalue weighted by atomic mass is 9.85. The van der Waals surface area contributed by atoms with Crippen LogP contribution in [0.5, 0.6) is 0 Å². The van der Waals surface area contributed by atoms with Crippen LogP contribution < -0.4 is 0 Å². The Bertz CT molecular complexity index is 894. The first-order chi connectivity index (χ1) is 11.0. The van der Waals surface area contributed by atoms with Gasteiger partial charge in [0.25, 0.3) is 0 Å². The molecule has 3 rings (SSSR count). The molecule has 1 N–H and O–H groups in total. The Morgan fingerprint density at radius 1 is 1.04 bits per heavy atom. The molecule has 23 heavy (non-hydrogen) atoms. The lowest BCUT2D eigenvalue weighted by molar-refractivity contribution is 0.318. The number of fused-ring (bicyclic) bond motifs is 1. The van der Waals surface area contributed by atoms with Crippen molar-refractivity contribution < 1.29 is 13.6 Å². The Morgan fingerprint density at radius 2 is 1.74 bits per heavy atom. The van der Waals surface area contributed by atoms with E-state index < -0.39 is 9.84 Å². The molecule has 0 aromatic heterocycles. The lowest BCUT2D eigenvalue weighted by Gasteiger charge is -2.20. The fraction of sp³-hybridized carbons (Fsp3) is 0.167. The molecule has 0 saturated carbocycles. The van der Waals surface area contributed by atoms with Crippen molar-refractivity contribution in [1.29, 1.82) is 0 Å². The van der Waals surface area contributed by atoms with Crippen molar-refractivity contribution in [2.75, 3.05) is 6.26 Å². The van der Waals surface area contributed by atoms with Crippen LogP contribution >= 0.6 is 0 Å². The summed E-state index contributed by atoms with van der Waals surface area (Å²) in [4.78, 5) is 0.291. The van der Waals surface area contributed by atoms with Gasteiger partial charge in [-0.15, -0.1) is 0 Å². The second-order valence-electron chi connectivity index (χ2n) is 5.60.